The Morgan fingerprint density at radius 3 is 2.81 bits per heavy atom. The fraction of sp³-hybridized carbons (Fsp3) is 0.538. The fourth-order valence-corrected chi connectivity index (χ4v) is 2.21. The molecule has 3 heteroatoms. The molecule has 0 spiro atoms. The number of anilines is 2. The maximum Gasteiger partial charge on any atom is 0.0577 e. The summed E-state index contributed by atoms with van der Waals surface area (Å²) in [4.78, 5) is 0. The van der Waals surface area contributed by atoms with Crippen molar-refractivity contribution in [1.82, 2.24) is 0 Å². The zero-order valence-corrected chi connectivity index (χ0v) is 10.5. The van der Waals surface area contributed by atoms with Gasteiger partial charge in [0.1, 0.15) is 0 Å². The lowest BCUT2D eigenvalue weighted by Gasteiger charge is -2.25. The predicted octanol–water partition coefficient (Wildman–Crippen LogP) is 3.83. The molecule has 2 rings (SSSR count). The summed E-state index contributed by atoms with van der Waals surface area (Å²) in [5, 5.41) is 4.13. The van der Waals surface area contributed by atoms with E-state index in [9.17, 15) is 0 Å². The molecule has 0 saturated heterocycles. The topological polar surface area (TPSA) is 38.0 Å². The molecule has 16 heavy (non-hydrogen) atoms. The molecule has 0 aliphatic heterocycles. The van der Waals surface area contributed by atoms with Crippen molar-refractivity contribution in [2.24, 2.45) is 5.92 Å². The minimum atomic E-state index is 0.738. The third-order valence-electron chi connectivity index (χ3n) is 3.42. The van der Waals surface area contributed by atoms with E-state index in [1.165, 1.54) is 25.7 Å². The lowest BCUT2D eigenvalue weighted by Crippen LogP contribution is -2.16. The smallest absolute Gasteiger partial charge is 0.0577 e. The average Bonchev–Trinajstić information content (AvgIpc) is 2.17. The molecule has 1 saturated carbocycles. The lowest BCUT2D eigenvalue weighted by molar-refractivity contribution is 0.303. The van der Waals surface area contributed by atoms with Crippen LogP contribution in [0.25, 0.3) is 0 Å². The van der Waals surface area contributed by atoms with Crippen molar-refractivity contribution in [3.63, 3.8) is 0 Å². The zero-order valence-electron chi connectivity index (χ0n) is 9.72. The van der Waals surface area contributed by atoms with E-state index >= 15 is 0 Å². The van der Waals surface area contributed by atoms with E-state index in [-0.39, 0.29) is 0 Å². The first-order chi connectivity index (χ1) is 7.66. The Balaban J connectivity index is 1.90. The van der Waals surface area contributed by atoms with Gasteiger partial charge in [-0.05, 0) is 37.0 Å². The fourth-order valence-electron chi connectivity index (χ4n) is 2.04. The van der Waals surface area contributed by atoms with Gasteiger partial charge in [0.2, 0.25) is 0 Å². The SMILES string of the molecule is Cc1cc(NCCC2CCC2)c(N)cc1Cl. The van der Waals surface area contributed by atoms with Gasteiger partial charge in [-0.3, -0.25) is 0 Å². The van der Waals surface area contributed by atoms with Crippen LogP contribution in [-0.4, -0.2) is 6.54 Å². The van der Waals surface area contributed by atoms with Crippen LogP contribution >= 0.6 is 11.6 Å². The highest BCUT2D eigenvalue weighted by molar-refractivity contribution is 6.31. The Kier molecular flexibility index (Phi) is 3.59. The van der Waals surface area contributed by atoms with Crippen molar-refractivity contribution in [2.75, 3.05) is 17.6 Å². The molecule has 0 atom stereocenters. The minimum absolute atomic E-state index is 0.738. The van der Waals surface area contributed by atoms with Crippen molar-refractivity contribution in [2.45, 2.75) is 32.6 Å². The van der Waals surface area contributed by atoms with Crippen LogP contribution in [0, 0.1) is 12.8 Å². The van der Waals surface area contributed by atoms with Crippen LogP contribution in [0.2, 0.25) is 5.02 Å². The number of benzene rings is 1. The van der Waals surface area contributed by atoms with Crippen molar-refractivity contribution >= 4 is 23.0 Å². The maximum atomic E-state index is 5.99. The minimum Gasteiger partial charge on any atom is -0.397 e. The molecule has 88 valence electrons. The number of nitrogens with one attached hydrogen (secondary N) is 1. The van der Waals surface area contributed by atoms with E-state index in [0.717, 1.165) is 34.4 Å². The van der Waals surface area contributed by atoms with Gasteiger partial charge in [-0.1, -0.05) is 30.9 Å². The Hall–Kier alpha value is -0.890. The summed E-state index contributed by atoms with van der Waals surface area (Å²) in [5.74, 6) is 0.933. The highest BCUT2D eigenvalue weighted by Crippen LogP contribution is 2.30. The van der Waals surface area contributed by atoms with Crippen LogP contribution in [0.4, 0.5) is 11.4 Å². The lowest BCUT2D eigenvalue weighted by atomic mass is 9.83. The quantitative estimate of drug-likeness (QED) is 0.783. The van der Waals surface area contributed by atoms with Crippen LogP contribution in [-0.2, 0) is 0 Å². The Morgan fingerprint density at radius 1 is 1.44 bits per heavy atom. The number of hydrogen-bond acceptors (Lipinski definition) is 2. The van der Waals surface area contributed by atoms with E-state index in [1.807, 2.05) is 19.1 Å². The van der Waals surface area contributed by atoms with Crippen molar-refractivity contribution in [1.29, 1.82) is 0 Å². The Morgan fingerprint density at radius 2 is 2.19 bits per heavy atom. The number of nitrogens with two attached hydrogens (primary N) is 1. The summed E-state index contributed by atoms with van der Waals surface area (Å²) in [6, 6.07) is 3.85. The van der Waals surface area contributed by atoms with E-state index < -0.39 is 0 Å². The molecular weight excluding hydrogens is 220 g/mol. The molecular formula is C13H19ClN2. The molecule has 1 fully saturated rings. The summed E-state index contributed by atoms with van der Waals surface area (Å²) in [5.41, 5.74) is 8.73. The van der Waals surface area contributed by atoms with Crippen LogP contribution in [0.15, 0.2) is 12.1 Å². The molecule has 0 heterocycles. The molecule has 3 N–H and O–H groups in total. The molecule has 0 bridgehead atoms. The van der Waals surface area contributed by atoms with Gasteiger partial charge in [0, 0.05) is 11.6 Å². The highest BCUT2D eigenvalue weighted by atomic mass is 35.5. The summed E-state index contributed by atoms with van der Waals surface area (Å²) in [6.07, 6.45) is 5.46. The second-order valence-corrected chi connectivity index (χ2v) is 5.11. The predicted molar refractivity (Wildman–Crippen MR) is 71.0 cm³/mol. The molecule has 0 amide bonds. The monoisotopic (exact) mass is 238 g/mol. The third kappa shape index (κ3) is 2.62. The van der Waals surface area contributed by atoms with Gasteiger partial charge in [-0.25, -0.2) is 0 Å². The average molecular weight is 239 g/mol. The summed E-state index contributed by atoms with van der Waals surface area (Å²) >= 11 is 5.99. The summed E-state index contributed by atoms with van der Waals surface area (Å²) in [7, 11) is 0. The van der Waals surface area contributed by atoms with E-state index in [4.69, 9.17) is 17.3 Å². The molecule has 1 aliphatic rings. The van der Waals surface area contributed by atoms with E-state index in [2.05, 4.69) is 5.32 Å². The summed E-state index contributed by atoms with van der Waals surface area (Å²) < 4.78 is 0. The van der Waals surface area contributed by atoms with Crippen molar-refractivity contribution in [3.05, 3.63) is 22.7 Å². The van der Waals surface area contributed by atoms with Gasteiger partial charge < -0.3 is 11.1 Å². The number of hydrogen-bond donors (Lipinski definition) is 2. The number of aryl methyl sites for hydroxylation is 1. The second kappa shape index (κ2) is 4.96. The normalized spacial score (nSPS) is 15.9. The highest BCUT2D eigenvalue weighted by Gasteiger charge is 2.16. The molecule has 1 aromatic rings. The third-order valence-corrected chi connectivity index (χ3v) is 3.83. The molecule has 0 aromatic heterocycles. The molecule has 0 unspecified atom stereocenters. The van der Waals surface area contributed by atoms with Crippen LogP contribution in [0.1, 0.15) is 31.2 Å². The van der Waals surface area contributed by atoms with Gasteiger partial charge in [0.15, 0.2) is 0 Å². The Labute approximate surface area is 102 Å². The second-order valence-electron chi connectivity index (χ2n) is 4.70. The molecule has 0 radical (unpaired) electrons. The Bertz CT molecular complexity index is 372. The van der Waals surface area contributed by atoms with Gasteiger partial charge in [-0.2, -0.15) is 0 Å². The van der Waals surface area contributed by atoms with Gasteiger partial charge in [-0.15, -0.1) is 0 Å². The number of halogens is 1. The number of nitrogen functional groups attached to an aromatic ring is 1. The standard InChI is InChI=1S/C13H19ClN2/c1-9-7-13(12(15)8-11(9)14)16-6-5-10-3-2-4-10/h7-8,10,16H,2-6,15H2,1H3. The largest absolute Gasteiger partial charge is 0.397 e. The van der Waals surface area contributed by atoms with E-state index in [1.54, 1.807) is 0 Å². The van der Waals surface area contributed by atoms with Crippen LogP contribution in [0.5, 0.6) is 0 Å². The molecule has 1 aliphatic carbocycles. The maximum absolute atomic E-state index is 5.99. The summed E-state index contributed by atoms with van der Waals surface area (Å²) in [6.45, 7) is 3.01. The van der Waals surface area contributed by atoms with Crippen LogP contribution in [0.3, 0.4) is 0 Å². The molecule has 1 aromatic carbocycles. The van der Waals surface area contributed by atoms with E-state index in [0.29, 0.717) is 0 Å². The van der Waals surface area contributed by atoms with Crippen molar-refractivity contribution < 1.29 is 0 Å². The van der Waals surface area contributed by atoms with Gasteiger partial charge >= 0.3 is 0 Å². The number of rotatable bonds is 4. The molecule has 2 nitrogen and oxygen atoms in total. The first kappa shape index (κ1) is 11.6. The van der Waals surface area contributed by atoms with Crippen molar-refractivity contribution in [3.8, 4) is 0 Å². The zero-order chi connectivity index (χ0) is 11.5. The van der Waals surface area contributed by atoms with Gasteiger partial charge in [0.25, 0.3) is 0 Å². The first-order valence-corrected chi connectivity index (χ1v) is 6.34. The van der Waals surface area contributed by atoms with Gasteiger partial charge in [0.05, 0.1) is 11.4 Å². The first-order valence-electron chi connectivity index (χ1n) is 5.96. The van der Waals surface area contributed by atoms with Crippen LogP contribution < -0.4 is 11.1 Å².